The lowest BCUT2D eigenvalue weighted by atomic mass is 10.0. The molecule has 0 aliphatic carbocycles. The van der Waals surface area contributed by atoms with E-state index in [2.05, 4.69) is 5.32 Å². The highest BCUT2D eigenvalue weighted by Gasteiger charge is 2.33. The molecule has 0 aliphatic rings. The van der Waals surface area contributed by atoms with Gasteiger partial charge in [0.25, 0.3) is 5.69 Å². The first-order valence-electron chi connectivity index (χ1n) is 13.4. The van der Waals surface area contributed by atoms with Gasteiger partial charge in [0, 0.05) is 31.6 Å². The molecule has 0 saturated carbocycles. The maximum atomic E-state index is 14.0. The lowest BCUT2D eigenvalue weighted by Crippen LogP contribution is -2.53. The highest BCUT2D eigenvalue weighted by atomic mass is 32.2. The summed E-state index contributed by atoms with van der Waals surface area (Å²) in [5, 5.41) is 14.3. The normalized spacial score (nSPS) is 11.9. The summed E-state index contributed by atoms with van der Waals surface area (Å²) in [6.45, 7) is 3.81. The van der Waals surface area contributed by atoms with Crippen LogP contribution in [0.5, 0.6) is 0 Å². The zero-order valence-corrected chi connectivity index (χ0v) is 24.3. The predicted octanol–water partition coefficient (Wildman–Crippen LogP) is 4.23. The van der Waals surface area contributed by atoms with Gasteiger partial charge in [-0.3, -0.25) is 24.0 Å². The minimum absolute atomic E-state index is 0.0163. The Balaban J connectivity index is 2.04. The average molecular weight is 581 g/mol. The van der Waals surface area contributed by atoms with Crippen molar-refractivity contribution in [2.75, 3.05) is 23.7 Å². The third-order valence-electron chi connectivity index (χ3n) is 6.58. The second-order valence-electron chi connectivity index (χ2n) is 9.90. The fraction of sp³-hybridized carbons (Fsp3) is 0.333. The van der Waals surface area contributed by atoms with Gasteiger partial charge < -0.3 is 10.2 Å². The Hall–Kier alpha value is -4.25. The third kappa shape index (κ3) is 9.14. The number of hydrogen-bond donors (Lipinski definition) is 1. The van der Waals surface area contributed by atoms with E-state index in [1.807, 2.05) is 68.4 Å². The van der Waals surface area contributed by atoms with Gasteiger partial charge in [-0.05, 0) is 30.5 Å². The number of nitro groups is 1. The summed E-state index contributed by atoms with van der Waals surface area (Å²) in [6.07, 6.45) is 2.79. The van der Waals surface area contributed by atoms with Crippen LogP contribution in [0.25, 0.3) is 0 Å². The van der Waals surface area contributed by atoms with Crippen molar-refractivity contribution in [3.8, 4) is 0 Å². The third-order valence-corrected chi connectivity index (χ3v) is 7.72. The topological polar surface area (TPSA) is 130 Å². The van der Waals surface area contributed by atoms with Crippen molar-refractivity contribution in [3.63, 3.8) is 0 Å². The molecule has 11 heteroatoms. The van der Waals surface area contributed by atoms with Crippen LogP contribution in [0.15, 0.2) is 78.9 Å². The number of nitro benzene ring substituents is 1. The minimum Gasteiger partial charge on any atom is -0.354 e. The fourth-order valence-corrected chi connectivity index (χ4v) is 5.17. The number of nitrogens with one attached hydrogen (secondary N) is 1. The zero-order valence-electron chi connectivity index (χ0n) is 23.5. The quantitative estimate of drug-likeness (QED) is 0.173. The van der Waals surface area contributed by atoms with E-state index in [1.165, 1.54) is 23.1 Å². The second-order valence-corrected chi connectivity index (χ2v) is 11.8. The SMILES string of the molecule is CCCCNC(=O)[C@@H](Cc1ccccc1)N(Cc1ccc(C)cc1)C(=O)CN(c1cccc([N+](=O)[O-])c1)S(C)(=O)=O. The summed E-state index contributed by atoms with van der Waals surface area (Å²) in [5.74, 6) is -0.960. The lowest BCUT2D eigenvalue weighted by molar-refractivity contribution is -0.384. The van der Waals surface area contributed by atoms with E-state index >= 15 is 0 Å². The van der Waals surface area contributed by atoms with Crippen molar-refractivity contribution in [2.24, 2.45) is 0 Å². The first kappa shape index (κ1) is 31.3. The van der Waals surface area contributed by atoms with E-state index in [-0.39, 0.29) is 30.2 Å². The summed E-state index contributed by atoms with van der Waals surface area (Å²) < 4.78 is 26.5. The zero-order chi connectivity index (χ0) is 30.0. The molecule has 3 rings (SSSR count). The smallest absolute Gasteiger partial charge is 0.271 e. The lowest BCUT2D eigenvalue weighted by Gasteiger charge is -2.33. The molecule has 0 bridgehead atoms. The number of benzene rings is 3. The molecule has 41 heavy (non-hydrogen) atoms. The number of sulfonamides is 1. The number of carbonyl (C=O) groups is 2. The number of hydrogen-bond acceptors (Lipinski definition) is 6. The van der Waals surface area contributed by atoms with Gasteiger partial charge in [0.15, 0.2) is 0 Å². The van der Waals surface area contributed by atoms with Crippen LogP contribution in [0, 0.1) is 17.0 Å². The van der Waals surface area contributed by atoms with E-state index in [4.69, 9.17) is 0 Å². The van der Waals surface area contributed by atoms with Crippen molar-refractivity contribution in [2.45, 2.75) is 45.7 Å². The van der Waals surface area contributed by atoms with Crippen molar-refractivity contribution in [1.29, 1.82) is 0 Å². The van der Waals surface area contributed by atoms with E-state index in [1.54, 1.807) is 0 Å². The van der Waals surface area contributed by atoms with Gasteiger partial charge in [-0.1, -0.05) is 79.6 Å². The fourth-order valence-electron chi connectivity index (χ4n) is 4.33. The molecular formula is C30H36N4O6S. The Morgan fingerprint density at radius 2 is 1.66 bits per heavy atom. The summed E-state index contributed by atoms with van der Waals surface area (Å²) in [5.41, 5.74) is 2.31. The number of rotatable bonds is 14. The Labute approximate surface area is 241 Å². The van der Waals surface area contributed by atoms with E-state index in [0.717, 1.165) is 46.2 Å². The number of nitrogens with zero attached hydrogens (tertiary/aromatic N) is 3. The molecule has 218 valence electrons. The molecule has 0 saturated heterocycles. The molecule has 0 radical (unpaired) electrons. The molecule has 1 atom stereocenters. The second kappa shape index (κ2) is 14.4. The van der Waals surface area contributed by atoms with Crippen LogP contribution in [0.1, 0.15) is 36.5 Å². The van der Waals surface area contributed by atoms with Crippen LogP contribution in [0.4, 0.5) is 11.4 Å². The standard InChI is InChI=1S/C30H36N4O6S/c1-4-5-18-31-30(36)28(19-24-10-7-6-8-11-24)32(21-25-16-14-23(2)15-17-25)29(35)22-33(41(3,39)40)26-12-9-13-27(20-26)34(37)38/h6-17,20,28H,4-5,18-19,21-22H2,1-3H3,(H,31,36)/t28-/m1/s1. The molecule has 0 aromatic heterocycles. The average Bonchev–Trinajstić information content (AvgIpc) is 2.94. The largest absolute Gasteiger partial charge is 0.354 e. The van der Waals surface area contributed by atoms with E-state index in [9.17, 15) is 28.1 Å². The summed E-state index contributed by atoms with van der Waals surface area (Å²) >= 11 is 0. The van der Waals surface area contributed by atoms with Crippen LogP contribution < -0.4 is 9.62 Å². The molecule has 0 aliphatic heterocycles. The van der Waals surface area contributed by atoms with Gasteiger partial charge >= 0.3 is 0 Å². The van der Waals surface area contributed by atoms with Crippen LogP contribution in [-0.2, 0) is 32.6 Å². The highest BCUT2D eigenvalue weighted by Crippen LogP contribution is 2.24. The maximum absolute atomic E-state index is 14.0. The molecule has 0 spiro atoms. The molecule has 0 fully saturated rings. The summed E-state index contributed by atoms with van der Waals surface area (Å²) in [7, 11) is -4.03. The van der Waals surface area contributed by atoms with Crippen molar-refractivity contribution >= 4 is 33.2 Å². The molecular weight excluding hydrogens is 544 g/mol. The Kier molecular flexibility index (Phi) is 11.0. The van der Waals surface area contributed by atoms with E-state index in [0.29, 0.717) is 6.54 Å². The first-order valence-corrected chi connectivity index (χ1v) is 15.2. The number of carbonyl (C=O) groups excluding carboxylic acids is 2. The first-order chi connectivity index (χ1) is 19.5. The Morgan fingerprint density at radius 3 is 2.27 bits per heavy atom. The van der Waals surface area contributed by atoms with Crippen LogP contribution in [0.3, 0.4) is 0 Å². The highest BCUT2D eigenvalue weighted by molar-refractivity contribution is 7.92. The van der Waals surface area contributed by atoms with Crippen LogP contribution >= 0.6 is 0 Å². The number of anilines is 1. The molecule has 3 aromatic carbocycles. The monoisotopic (exact) mass is 580 g/mol. The van der Waals surface area contributed by atoms with Crippen molar-refractivity contribution in [3.05, 3.63) is 106 Å². The number of aryl methyl sites for hydroxylation is 1. The maximum Gasteiger partial charge on any atom is 0.271 e. The van der Waals surface area contributed by atoms with Gasteiger partial charge in [0.1, 0.15) is 12.6 Å². The number of unbranched alkanes of at least 4 members (excludes halogenated alkanes) is 1. The van der Waals surface area contributed by atoms with Gasteiger partial charge in [0.2, 0.25) is 21.8 Å². The predicted molar refractivity (Wildman–Crippen MR) is 159 cm³/mol. The number of amides is 2. The molecule has 10 nitrogen and oxygen atoms in total. The van der Waals surface area contributed by atoms with Gasteiger partial charge in [-0.25, -0.2) is 8.42 Å². The van der Waals surface area contributed by atoms with Crippen molar-refractivity contribution in [1.82, 2.24) is 10.2 Å². The van der Waals surface area contributed by atoms with E-state index < -0.39 is 33.4 Å². The Morgan fingerprint density at radius 1 is 0.976 bits per heavy atom. The summed E-state index contributed by atoms with van der Waals surface area (Å²) in [6, 6.07) is 21.0. The van der Waals surface area contributed by atoms with Gasteiger partial charge in [-0.2, -0.15) is 0 Å². The molecule has 0 unspecified atom stereocenters. The van der Waals surface area contributed by atoms with Crippen molar-refractivity contribution < 1.29 is 22.9 Å². The van der Waals surface area contributed by atoms with Crippen LogP contribution in [-0.4, -0.2) is 55.4 Å². The molecule has 1 N–H and O–H groups in total. The summed E-state index contributed by atoms with van der Waals surface area (Å²) in [4.78, 5) is 39.7. The molecule has 3 aromatic rings. The molecule has 2 amide bonds. The number of non-ortho nitro benzene ring substituents is 1. The Bertz CT molecular complexity index is 1450. The van der Waals surface area contributed by atoms with Crippen LogP contribution in [0.2, 0.25) is 0 Å². The minimum atomic E-state index is -4.03. The van der Waals surface area contributed by atoms with Gasteiger partial charge in [-0.15, -0.1) is 0 Å². The van der Waals surface area contributed by atoms with Gasteiger partial charge in [0.05, 0.1) is 16.9 Å². The molecule has 0 heterocycles.